The first-order valence-corrected chi connectivity index (χ1v) is 7.67. The van der Waals surface area contributed by atoms with Crippen LogP contribution in [0.4, 0.5) is 8.78 Å². The quantitative estimate of drug-likeness (QED) is 0.895. The first-order chi connectivity index (χ1) is 8.24. The Kier molecular flexibility index (Phi) is 4.81. The minimum absolute atomic E-state index is 0.182. The Morgan fingerprint density at radius 3 is 2.39 bits per heavy atom. The largest absolute Gasteiger partial charge is 0.309 e. The van der Waals surface area contributed by atoms with Gasteiger partial charge in [-0.05, 0) is 25.1 Å². The molecule has 1 unspecified atom stereocenters. The molecular formula is C12H17F2NO2S. The molecule has 6 heteroatoms. The van der Waals surface area contributed by atoms with E-state index in [0.29, 0.717) is 12.1 Å². The van der Waals surface area contributed by atoms with E-state index in [2.05, 4.69) is 5.32 Å². The van der Waals surface area contributed by atoms with Crippen LogP contribution in [0.3, 0.4) is 0 Å². The summed E-state index contributed by atoms with van der Waals surface area (Å²) < 4.78 is 49.5. The van der Waals surface area contributed by atoms with Crippen LogP contribution in [0, 0.1) is 18.6 Å². The standard InChI is InChI=1S/C12H17F2NO2S/c1-4-15-12(7-18(3,16)17)9-5-8(2)10(13)6-11(9)14/h5-6,12,15H,4,7H2,1-3H3. The lowest BCUT2D eigenvalue weighted by molar-refractivity contribution is 0.519. The highest BCUT2D eigenvalue weighted by Crippen LogP contribution is 2.22. The van der Waals surface area contributed by atoms with Crippen molar-refractivity contribution in [1.82, 2.24) is 5.32 Å². The summed E-state index contributed by atoms with van der Waals surface area (Å²) in [4.78, 5) is 0. The van der Waals surface area contributed by atoms with Crippen molar-refractivity contribution in [3.63, 3.8) is 0 Å². The molecule has 0 radical (unpaired) electrons. The number of hydrogen-bond acceptors (Lipinski definition) is 3. The van der Waals surface area contributed by atoms with Gasteiger partial charge in [-0.25, -0.2) is 17.2 Å². The zero-order chi connectivity index (χ0) is 13.9. The Balaban J connectivity index is 3.17. The summed E-state index contributed by atoms with van der Waals surface area (Å²) in [6.45, 7) is 3.81. The van der Waals surface area contributed by atoms with Crippen molar-refractivity contribution in [1.29, 1.82) is 0 Å². The van der Waals surface area contributed by atoms with Gasteiger partial charge in [0.15, 0.2) is 0 Å². The number of aryl methyl sites for hydroxylation is 1. The van der Waals surface area contributed by atoms with Gasteiger partial charge in [0.2, 0.25) is 0 Å². The number of hydrogen-bond donors (Lipinski definition) is 1. The van der Waals surface area contributed by atoms with Crippen molar-refractivity contribution in [3.05, 3.63) is 34.9 Å². The zero-order valence-corrected chi connectivity index (χ0v) is 11.4. The van der Waals surface area contributed by atoms with Gasteiger partial charge in [0.1, 0.15) is 21.5 Å². The molecule has 0 amide bonds. The average Bonchev–Trinajstić information content (AvgIpc) is 2.21. The Morgan fingerprint density at radius 2 is 1.89 bits per heavy atom. The van der Waals surface area contributed by atoms with E-state index in [1.165, 1.54) is 13.0 Å². The van der Waals surface area contributed by atoms with Crippen molar-refractivity contribution >= 4 is 9.84 Å². The van der Waals surface area contributed by atoms with Crippen LogP contribution in [0.5, 0.6) is 0 Å². The van der Waals surface area contributed by atoms with Crippen LogP contribution in [-0.2, 0) is 9.84 Å². The minimum atomic E-state index is -3.26. The van der Waals surface area contributed by atoms with E-state index in [0.717, 1.165) is 12.3 Å². The number of halogens is 2. The highest BCUT2D eigenvalue weighted by Gasteiger charge is 2.21. The maximum atomic E-state index is 13.7. The molecule has 0 saturated heterocycles. The van der Waals surface area contributed by atoms with Crippen LogP contribution in [0.2, 0.25) is 0 Å². The summed E-state index contributed by atoms with van der Waals surface area (Å²) in [6, 6.07) is 1.48. The van der Waals surface area contributed by atoms with Gasteiger partial charge in [-0.1, -0.05) is 6.92 Å². The molecule has 0 saturated carbocycles. The van der Waals surface area contributed by atoms with E-state index < -0.39 is 27.5 Å². The van der Waals surface area contributed by atoms with Gasteiger partial charge < -0.3 is 5.32 Å². The molecular weight excluding hydrogens is 260 g/mol. The maximum Gasteiger partial charge on any atom is 0.149 e. The first kappa shape index (κ1) is 15.0. The van der Waals surface area contributed by atoms with Crippen LogP contribution < -0.4 is 5.32 Å². The smallest absolute Gasteiger partial charge is 0.149 e. The number of sulfone groups is 1. The summed E-state index contributed by atoms with van der Waals surface area (Å²) in [7, 11) is -3.26. The lowest BCUT2D eigenvalue weighted by atomic mass is 10.0. The monoisotopic (exact) mass is 277 g/mol. The SMILES string of the molecule is CCNC(CS(C)(=O)=O)c1cc(C)c(F)cc1F. The Hall–Kier alpha value is -1.01. The molecule has 0 heterocycles. The second-order valence-electron chi connectivity index (χ2n) is 4.33. The highest BCUT2D eigenvalue weighted by molar-refractivity contribution is 7.90. The molecule has 0 spiro atoms. The highest BCUT2D eigenvalue weighted by atomic mass is 32.2. The van der Waals surface area contributed by atoms with Crippen LogP contribution in [0.25, 0.3) is 0 Å². The molecule has 1 rings (SSSR count). The second-order valence-corrected chi connectivity index (χ2v) is 6.51. The number of rotatable bonds is 5. The fourth-order valence-corrected chi connectivity index (χ4v) is 2.66. The fraction of sp³-hybridized carbons (Fsp3) is 0.500. The van der Waals surface area contributed by atoms with Crippen molar-refractivity contribution < 1.29 is 17.2 Å². The van der Waals surface area contributed by atoms with E-state index in [1.807, 2.05) is 0 Å². The van der Waals surface area contributed by atoms with Crippen LogP contribution >= 0.6 is 0 Å². The van der Waals surface area contributed by atoms with Gasteiger partial charge in [0.05, 0.1) is 5.75 Å². The third-order valence-electron chi connectivity index (χ3n) is 2.57. The Bertz CT molecular complexity index is 529. The molecule has 3 nitrogen and oxygen atoms in total. The molecule has 0 aliphatic carbocycles. The van der Waals surface area contributed by atoms with Crippen LogP contribution in [0.15, 0.2) is 12.1 Å². The molecule has 0 fully saturated rings. The zero-order valence-electron chi connectivity index (χ0n) is 10.6. The van der Waals surface area contributed by atoms with E-state index in [4.69, 9.17) is 0 Å². The normalized spacial score (nSPS) is 13.6. The van der Waals surface area contributed by atoms with E-state index in [9.17, 15) is 17.2 Å². The Morgan fingerprint density at radius 1 is 1.28 bits per heavy atom. The van der Waals surface area contributed by atoms with Gasteiger partial charge in [-0.3, -0.25) is 0 Å². The minimum Gasteiger partial charge on any atom is -0.309 e. The second kappa shape index (κ2) is 5.75. The molecule has 1 aromatic rings. The first-order valence-electron chi connectivity index (χ1n) is 5.61. The lowest BCUT2D eigenvalue weighted by Crippen LogP contribution is -2.28. The fourth-order valence-electron chi connectivity index (χ4n) is 1.75. The summed E-state index contributed by atoms with van der Waals surface area (Å²) in [6.07, 6.45) is 1.09. The molecule has 0 bridgehead atoms. The van der Waals surface area contributed by atoms with E-state index >= 15 is 0 Å². The predicted molar refractivity (Wildman–Crippen MR) is 67.2 cm³/mol. The summed E-state index contributed by atoms with van der Waals surface area (Å²) in [5.74, 6) is -1.58. The average molecular weight is 277 g/mol. The van der Waals surface area contributed by atoms with Crippen molar-refractivity contribution in [3.8, 4) is 0 Å². The molecule has 0 aromatic heterocycles. The van der Waals surface area contributed by atoms with E-state index in [-0.39, 0.29) is 11.3 Å². The third kappa shape index (κ3) is 4.03. The van der Waals surface area contributed by atoms with Gasteiger partial charge in [0.25, 0.3) is 0 Å². The summed E-state index contributed by atoms with van der Waals surface area (Å²) in [5.41, 5.74) is 0.476. The van der Waals surface area contributed by atoms with Gasteiger partial charge >= 0.3 is 0 Å². The number of nitrogens with one attached hydrogen (secondary N) is 1. The van der Waals surface area contributed by atoms with Gasteiger partial charge in [0, 0.05) is 23.9 Å². The summed E-state index contributed by atoms with van der Waals surface area (Å²) in [5, 5.41) is 2.90. The molecule has 1 N–H and O–H groups in total. The third-order valence-corrected chi connectivity index (χ3v) is 3.51. The van der Waals surface area contributed by atoms with Gasteiger partial charge in [-0.2, -0.15) is 0 Å². The number of benzene rings is 1. The topological polar surface area (TPSA) is 46.2 Å². The van der Waals surface area contributed by atoms with Gasteiger partial charge in [-0.15, -0.1) is 0 Å². The lowest BCUT2D eigenvalue weighted by Gasteiger charge is -2.18. The molecule has 102 valence electrons. The molecule has 1 aromatic carbocycles. The molecule has 0 aliphatic heterocycles. The molecule has 1 atom stereocenters. The van der Waals surface area contributed by atoms with Crippen molar-refractivity contribution in [2.75, 3.05) is 18.6 Å². The van der Waals surface area contributed by atoms with Crippen LogP contribution in [0.1, 0.15) is 24.1 Å². The van der Waals surface area contributed by atoms with E-state index in [1.54, 1.807) is 6.92 Å². The molecule has 18 heavy (non-hydrogen) atoms. The maximum absolute atomic E-state index is 13.7. The van der Waals surface area contributed by atoms with Crippen molar-refractivity contribution in [2.24, 2.45) is 0 Å². The van der Waals surface area contributed by atoms with Crippen molar-refractivity contribution in [2.45, 2.75) is 19.9 Å². The van der Waals surface area contributed by atoms with Crippen LogP contribution in [-0.4, -0.2) is 27.0 Å². The summed E-state index contributed by atoms with van der Waals surface area (Å²) >= 11 is 0. The predicted octanol–water partition coefficient (Wildman–Crippen LogP) is 1.97. The molecule has 0 aliphatic rings. The Labute approximate surface area is 106 Å².